The number of unbranched alkanes of at least 4 members (excludes halogenated alkanes) is 1. The summed E-state index contributed by atoms with van der Waals surface area (Å²) >= 11 is 0. The molecular weight excluding hydrogens is 636 g/mol. The van der Waals surface area contributed by atoms with Gasteiger partial charge < -0.3 is 17.8 Å². The van der Waals surface area contributed by atoms with Crippen LogP contribution in [-0.4, -0.2) is 52.5 Å². The number of benzene rings is 1. The number of hydrogen-bond acceptors (Lipinski definition) is 10. The second kappa shape index (κ2) is 12.0. The summed E-state index contributed by atoms with van der Waals surface area (Å²) in [5.41, 5.74) is -13.5. The van der Waals surface area contributed by atoms with E-state index in [1.165, 1.54) is 6.07 Å². The van der Waals surface area contributed by atoms with Crippen molar-refractivity contribution < 1.29 is 65.8 Å². The summed E-state index contributed by atoms with van der Waals surface area (Å²) in [6, 6.07) is 3.02. The topological polar surface area (TPSA) is 135 Å². The van der Waals surface area contributed by atoms with E-state index in [1.807, 2.05) is 6.92 Å². The van der Waals surface area contributed by atoms with Crippen LogP contribution in [0.2, 0.25) is 0 Å². The van der Waals surface area contributed by atoms with Crippen molar-refractivity contribution in [2.75, 3.05) is 13.7 Å². The molecule has 1 atom stereocenters. The van der Waals surface area contributed by atoms with E-state index in [0.29, 0.717) is 37.0 Å². The molecule has 1 heterocycles. The number of carbonyl (C=O) groups excluding carboxylic acids is 1. The van der Waals surface area contributed by atoms with Gasteiger partial charge in [-0.2, -0.15) is 43.2 Å². The first-order valence-electron chi connectivity index (χ1n) is 12.6. The maximum atomic E-state index is 13.5. The number of aromatic nitrogens is 1. The predicted molar refractivity (Wildman–Crippen MR) is 139 cm³/mol. The van der Waals surface area contributed by atoms with Gasteiger partial charge in [0, 0.05) is 11.1 Å². The number of pyridine rings is 1. The Morgan fingerprint density at radius 1 is 1.02 bits per heavy atom. The summed E-state index contributed by atoms with van der Waals surface area (Å²) in [7, 11) is -12.5. The zero-order valence-electron chi connectivity index (χ0n) is 23.3. The Morgan fingerprint density at radius 2 is 1.60 bits per heavy atom. The van der Waals surface area contributed by atoms with Crippen LogP contribution in [0.15, 0.2) is 12.1 Å². The summed E-state index contributed by atoms with van der Waals surface area (Å²) in [5.74, 6) is -5.95. The van der Waals surface area contributed by atoms with E-state index < -0.39 is 77.5 Å². The molecule has 0 saturated heterocycles. The van der Waals surface area contributed by atoms with Crippen molar-refractivity contribution in [2.45, 2.75) is 63.9 Å². The van der Waals surface area contributed by atoms with Crippen LogP contribution in [0.3, 0.4) is 0 Å². The summed E-state index contributed by atoms with van der Waals surface area (Å²) in [5, 5.41) is 0. The lowest BCUT2D eigenvalue weighted by molar-refractivity contribution is -0.0503. The lowest BCUT2D eigenvalue weighted by Crippen LogP contribution is -2.32. The van der Waals surface area contributed by atoms with Gasteiger partial charge in [-0.05, 0) is 54.9 Å². The maximum absolute atomic E-state index is 13.5. The molecule has 0 saturated carbocycles. The maximum Gasteiger partial charge on any atom is 0.534 e. The molecular formula is C25H27F6NO9S2. The molecule has 1 aromatic heterocycles. The Labute approximate surface area is 243 Å². The molecule has 3 rings (SSSR count). The van der Waals surface area contributed by atoms with E-state index >= 15 is 0 Å². The van der Waals surface area contributed by atoms with Crippen LogP contribution in [0.25, 0.3) is 11.3 Å². The standard InChI is InChI=1S/C25H27F6NO9S2/c1-6-7-8-39-17-11-14-10-15(12(2)3)18-20(16(14)9-13(17)4)32-22(41-43(36,37)25(29,30)31)19(23(33)38-5)21(18)40-42(34,35)24(26,27)28/h9,11-12,15H,6-8,10H2,1-5H3. The van der Waals surface area contributed by atoms with Gasteiger partial charge in [-0.15, -0.1) is 0 Å². The lowest BCUT2D eigenvalue weighted by atomic mass is 9.74. The lowest BCUT2D eigenvalue weighted by Gasteiger charge is -2.33. The van der Waals surface area contributed by atoms with E-state index in [4.69, 9.17) is 4.74 Å². The Morgan fingerprint density at radius 3 is 2.12 bits per heavy atom. The molecule has 18 heteroatoms. The van der Waals surface area contributed by atoms with Gasteiger partial charge in [0.05, 0.1) is 19.4 Å². The van der Waals surface area contributed by atoms with Crippen molar-refractivity contribution in [3.8, 4) is 28.6 Å². The second-order valence-electron chi connectivity index (χ2n) is 9.87. The van der Waals surface area contributed by atoms with Crippen molar-refractivity contribution >= 4 is 26.2 Å². The van der Waals surface area contributed by atoms with Gasteiger partial charge in [-0.25, -0.2) is 9.78 Å². The highest BCUT2D eigenvalue weighted by molar-refractivity contribution is 7.88. The number of ether oxygens (including phenoxy) is 2. The quantitative estimate of drug-likeness (QED) is 0.101. The minimum Gasteiger partial charge on any atom is -0.493 e. The van der Waals surface area contributed by atoms with Crippen LogP contribution >= 0.6 is 0 Å². The first-order valence-corrected chi connectivity index (χ1v) is 15.4. The summed E-state index contributed by atoms with van der Waals surface area (Å²) in [6.45, 7) is 7.09. The number of rotatable bonds is 10. The summed E-state index contributed by atoms with van der Waals surface area (Å²) in [4.78, 5) is 16.6. The number of alkyl halides is 6. The molecule has 0 spiro atoms. The van der Waals surface area contributed by atoms with Crippen molar-refractivity contribution in [3.63, 3.8) is 0 Å². The molecule has 0 amide bonds. The molecule has 1 unspecified atom stereocenters. The average molecular weight is 664 g/mol. The summed E-state index contributed by atoms with van der Waals surface area (Å²) < 4.78 is 147. The Balaban J connectivity index is 2.51. The van der Waals surface area contributed by atoms with E-state index in [-0.39, 0.29) is 12.0 Å². The van der Waals surface area contributed by atoms with Gasteiger partial charge in [0.25, 0.3) is 5.88 Å². The molecule has 0 aliphatic heterocycles. The number of methoxy groups -OCH3 is 1. The normalized spacial score (nSPS) is 15.5. The fraction of sp³-hybridized carbons (Fsp3) is 0.520. The minimum absolute atomic E-state index is 0.0101. The Bertz CT molecular complexity index is 1620. The van der Waals surface area contributed by atoms with Gasteiger partial charge >= 0.3 is 37.2 Å². The minimum atomic E-state index is -6.58. The van der Waals surface area contributed by atoms with Crippen LogP contribution in [0.1, 0.15) is 66.6 Å². The molecule has 1 aliphatic carbocycles. The van der Waals surface area contributed by atoms with Crippen molar-refractivity contribution in [2.24, 2.45) is 5.92 Å². The van der Waals surface area contributed by atoms with Crippen LogP contribution in [0.4, 0.5) is 26.3 Å². The van der Waals surface area contributed by atoms with E-state index in [1.54, 1.807) is 26.8 Å². The first kappa shape index (κ1) is 34.2. The molecule has 240 valence electrons. The van der Waals surface area contributed by atoms with Crippen LogP contribution in [0.5, 0.6) is 17.4 Å². The van der Waals surface area contributed by atoms with Crippen LogP contribution in [0, 0.1) is 12.8 Å². The Kier molecular flexibility index (Phi) is 9.56. The molecule has 2 aromatic rings. The molecule has 0 fully saturated rings. The van der Waals surface area contributed by atoms with Crippen LogP contribution < -0.4 is 13.1 Å². The fourth-order valence-corrected chi connectivity index (χ4v) is 5.26. The molecule has 1 aliphatic rings. The Hall–Kier alpha value is -3.28. The summed E-state index contributed by atoms with van der Waals surface area (Å²) in [6.07, 6.45) is 1.55. The molecule has 0 bridgehead atoms. The molecule has 10 nitrogen and oxygen atoms in total. The first-order chi connectivity index (χ1) is 19.7. The average Bonchev–Trinajstić information content (AvgIpc) is 2.86. The number of nitrogens with zero attached hydrogens (tertiary/aromatic N) is 1. The highest BCUT2D eigenvalue weighted by atomic mass is 32.2. The van der Waals surface area contributed by atoms with Gasteiger partial charge in [-0.1, -0.05) is 27.2 Å². The van der Waals surface area contributed by atoms with Gasteiger partial charge in [0.15, 0.2) is 11.3 Å². The number of fused-ring (bicyclic) bond motifs is 3. The van der Waals surface area contributed by atoms with Crippen molar-refractivity contribution in [1.82, 2.24) is 4.98 Å². The third-order valence-electron chi connectivity index (χ3n) is 6.52. The number of esters is 1. The number of hydrogen-bond donors (Lipinski definition) is 0. The molecule has 1 aromatic carbocycles. The number of halogens is 6. The molecule has 0 N–H and O–H groups in total. The molecule has 0 radical (unpaired) electrons. The van der Waals surface area contributed by atoms with E-state index in [0.717, 1.165) is 6.42 Å². The highest BCUT2D eigenvalue weighted by Crippen LogP contribution is 2.51. The zero-order valence-corrected chi connectivity index (χ0v) is 25.0. The predicted octanol–water partition coefficient (Wildman–Crippen LogP) is 5.78. The van der Waals surface area contributed by atoms with Crippen LogP contribution in [-0.2, 0) is 31.4 Å². The van der Waals surface area contributed by atoms with Gasteiger partial charge in [0.1, 0.15) is 5.75 Å². The van der Waals surface area contributed by atoms with E-state index in [9.17, 15) is 48.0 Å². The third-order valence-corrected chi connectivity index (χ3v) is 8.42. The third kappa shape index (κ3) is 6.78. The van der Waals surface area contributed by atoms with Crippen molar-refractivity contribution in [1.29, 1.82) is 0 Å². The molecule has 43 heavy (non-hydrogen) atoms. The fourth-order valence-electron chi connectivity index (χ4n) is 4.35. The highest BCUT2D eigenvalue weighted by Gasteiger charge is 2.52. The zero-order chi connectivity index (χ0) is 32.7. The second-order valence-corrected chi connectivity index (χ2v) is 12.9. The van der Waals surface area contributed by atoms with E-state index in [2.05, 4.69) is 18.1 Å². The largest absolute Gasteiger partial charge is 0.534 e. The smallest absolute Gasteiger partial charge is 0.493 e. The number of carbonyl (C=O) groups is 1. The monoisotopic (exact) mass is 663 g/mol. The van der Waals surface area contributed by atoms with Crippen molar-refractivity contribution in [3.05, 3.63) is 34.4 Å². The van der Waals surface area contributed by atoms with Gasteiger partial charge in [-0.3, -0.25) is 0 Å². The van der Waals surface area contributed by atoms with Gasteiger partial charge in [0.2, 0.25) is 0 Å². The SMILES string of the molecule is CCCCOc1cc2c(cc1C)-c1nc(OS(=O)(=O)C(F)(F)F)c(C(=O)OC)c(OS(=O)(=O)C(F)(F)F)c1C(C(C)C)C2. The number of aryl methyl sites for hydroxylation is 1.